The highest BCUT2D eigenvalue weighted by molar-refractivity contribution is 5.40. The lowest BCUT2D eigenvalue weighted by molar-refractivity contribution is -0.128. The van der Waals surface area contributed by atoms with Crippen molar-refractivity contribution in [3.8, 4) is 0 Å². The Hall–Kier alpha value is -0.930. The minimum Gasteiger partial charge on any atom is -0.385 e. The Bertz CT molecular complexity index is 450. The summed E-state index contributed by atoms with van der Waals surface area (Å²) in [6.07, 6.45) is 4.26. The van der Waals surface area contributed by atoms with Gasteiger partial charge in [0.2, 0.25) is 0 Å². The van der Waals surface area contributed by atoms with Gasteiger partial charge in [-0.2, -0.15) is 0 Å². The molecule has 0 aliphatic heterocycles. The first-order valence-electron chi connectivity index (χ1n) is 6.33. The van der Waals surface area contributed by atoms with E-state index in [1.807, 2.05) is 6.07 Å². The highest BCUT2D eigenvalue weighted by Gasteiger charge is 2.56. The van der Waals surface area contributed by atoms with E-state index in [0.717, 1.165) is 24.8 Å². The average molecular weight is 235 g/mol. The molecule has 92 valence electrons. The average Bonchev–Trinajstić information content (AvgIpc) is 2.59. The van der Waals surface area contributed by atoms with E-state index in [4.69, 9.17) is 5.73 Å². The first-order chi connectivity index (χ1) is 8.13. The number of rotatable bonds is 2. The number of aliphatic hydroxyl groups is 1. The SMILES string of the molecule is NCC1(C2(O)CCc3c(F)cccc32)CCC1. The second kappa shape index (κ2) is 3.53. The van der Waals surface area contributed by atoms with Crippen molar-refractivity contribution in [3.05, 3.63) is 35.1 Å². The molecule has 3 rings (SSSR count). The maximum Gasteiger partial charge on any atom is 0.126 e. The Kier molecular flexibility index (Phi) is 2.32. The highest BCUT2D eigenvalue weighted by Crippen LogP contribution is 2.58. The summed E-state index contributed by atoms with van der Waals surface area (Å²) in [6.45, 7) is 0.486. The topological polar surface area (TPSA) is 46.2 Å². The molecule has 2 nitrogen and oxygen atoms in total. The van der Waals surface area contributed by atoms with Crippen LogP contribution in [0.3, 0.4) is 0 Å². The summed E-state index contributed by atoms with van der Waals surface area (Å²) >= 11 is 0. The molecule has 0 radical (unpaired) electrons. The van der Waals surface area contributed by atoms with Crippen LogP contribution < -0.4 is 5.73 Å². The van der Waals surface area contributed by atoms with E-state index in [9.17, 15) is 9.50 Å². The standard InChI is InChI=1S/C14H18FNO/c15-12-4-1-3-11-10(12)5-8-14(11,17)13(9-16)6-2-7-13/h1,3-4,17H,2,5-9,16H2. The fourth-order valence-corrected chi connectivity index (χ4v) is 3.58. The van der Waals surface area contributed by atoms with Gasteiger partial charge in [0.25, 0.3) is 0 Å². The predicted octanol–water partition coefficient (Wildman–Crippen LogP) is 2.09. The van der Waals surface area contributed by atoms with E-state index in [-0.39, 0.29) is 11.2 Å². The van der Waals surface area contributed by atoms with Crippen molar-refractivity contribution in [2.45, 2.75) is 37.7 Å². The van der Waals surface area contributed by atoms with Crippen molar-refractivity contribution in [3.63, 3.8) is 0 Å². The summed E-state index contributed by atoms with van der Waals surface area (Å²) < 4.78 is 13.7. The third-order valence-electron chi connectivity index (χ3n) is 4.88. The zero-order valence-corrected chi connectivity index (χ0v) is 9.88. The molecule has 0 saturated heterocycles. The summed E-state index contributed by atoms with van der Waals surface area (Å²) in [6, 6.07) is 5.02. The number of hydrogen-bond donors (Lipinski definition) is 2. The van der Waals surface area contributed by atoms with E-state index in [0.29, 0.717) is 24.9 Å². The molecule has 1 aromatic carbocycles. The molecule has 0 spiro atoms. The molecule has 0 amide bonds. The van der Waals surface area contributed by atoms with Gasteiger partial charge in [-0.25, -0.2) is 4.39 Å². The molecular formula is C14H18FNO. The second-order valence-corrected chi connectivity index (χ2v) is 5.46. The van der Waals surface area contributed by atoms with Crippen LogP contribution in [0.15, 0.2) is 18.2 Å². The Balaban J connectivity index is 2.10. The van der Waals surface area contributed by atoms with E-state index in [1.54, 1.807) is 6.07 Å². The van der Waals surface area contributed by atoms with Crippen LogP contribution in [0.1, 0.15) is 36.8 Å². The molecule has 2 aliphatic carbocycles. The number of nitrogens with two attached hydrogens (primary N) is 1. The monoisotopic (exact) mass is 235 g/mol. The number of fused-ring (bicyclic) bond motifs is 1. The van der Waals surface area contributed by atoms with Crippen LogP contribution >= 0.6 is 0 Å². The van der Waals surface area contributed by atoms with Gasteiger partial charge >= 0.3 is 0 Å². The molecule has 0 heterocycles. The van der Waals surface area contributed by atoms with E-state index in [1.165, 1.54) is 6.07 Å². The molecule has 1 fully saturated rings. The van der Waals surface area contributed by atoms with Crippen LogP contribution in [0.2, 0.25) is 0 Å². The van der Waals surface area contributed by atoms with Gasteiger partial charge in [0, 0.05) is 12.0 Å². The smallest absolute Gasteiger partial charge is 0.126 e. The van der Waals surface area contributed by atoms with Crippen LogP contribution in [-0.4, -0.2) is 11.7 Å². The highest BCUT2D eigenvalue weighted by atomic mass is 19.1. The maximum atomic E-state index is 13.7. The van der Waals surface area contributed by atoms with Gasteiger partial charge in [-0.3, -0.25) is 0 Å². The Morgan fingerprint density at radius 2 is 2.06 bits per heavy atom. The third-order valence-corrected chi connectivity index (χ3v) is 4.88. The maximum absolute atomic E-state index is 13.7. The summed E-state index contributed by atoms with van der Waals surface area (Å²) in [7, 11) is 0. The van der Waals surface area contributed by atoms with Crippen molar-refractivity contribution in [2.24, 2.45) is 11.1 Å². The largest absolute Gasteiger partial charge is 0.385 e. The molecule has 3 N–H and O–H groups in total. The fraction of sp³-hybridized carbons (Fsp3) is 0.571. The number of halogens is 1. The van der Waals surface area contributed by atoms with Gasteiger partial charge in [-0.15, -0.1) is 0 Å². The van der Waals surface area contributed by atoms with E-state index in [2.05, 4.69) is 0 Å². The minimum atomic E-state index is -0.905. The van der Waals surface area contributed by atoms with Gasteiger partial charge in [0.05, 0.1) is 5.60 Å². The molecule has 0 bridgehead atoms. The Labute approximate surface area is 101 Å². The fourth-order valence-electron chi connectivity index (χ4n) is 3.58. The molecule has 1 saturated carbocycles. The first-order valence-corrected chi connectivity index (χ1v) is 6.33. The molecule has 1 unspecified atom stereocenters. The minimum absolute atomic E-state index is 0.190. The quantitative estimate of drug-likeness (QED) is 0.824. The molecule has 3 heteroatoms. The second-order valence-electron chi connectivity index (χ2n) is 5.46. The van der Waals surface area contributed by atoms with Crippen LogP contribution in [0.4, 0.5) is 4.39 Å². The van der Waals surface area contributed by atoms with Crippen LogP contribution in [0.25, 0.3) is 0 Å². The van der Waals surface area contributed by atoms with Crippen molar-refractivity contribution >= 4 is 0 Å². The van der Waals surface area contributed by atoms with Crippen molar-refractivity contribution in [1.29, 1.82) is 0 Å². The normalized spacial score (nSPS) is 29.8. The zero-order chi connectivity index (χ0) is 12.1. The number of hydrogen-bond acceptors (Lipinski definition) is 2. The number of benzene rings is 1. The molecule has 1 aromatic rings. The molecular weight excluding hydrogens is 217 g/mol. The van der Waals surface area contributed by atoms with Gasteiger partial charge in [-0.05, 0) is 42.9 Å². The summed E-state index contributed by atoms with van der Waals surface area (Å²) in [5.41, 5.74) is 6.22. The van der Waals surface area contributed by atoms with Gasteiger partial charge < -0.3 is 10.8 Å². The van der Waals surface area contributed by atoms with Crippen molar-refractivity contribution in [2.75, 3.05) is 6.54 Å². The predicted molar refractivity (Wildman–Crippen MR) is 64.0 cm³/mol. The third kappa shape index (κ3) is 1.27. The van der Waals surface area contributed by atoms with Gasteiger partial charge in [0.15, 0.2) is 0 Å². The lowest BCUT2D eigenvalue weighted by atomic mass is 9.57. The molecule has 2 aliphatic rings. The van der Waals surface area contributed by atoms with Crippen molar-refractivity contribution < 1.29 is 9.50 Å². The van der Waals surface area contributed by atoms with Gasteiger partial charge in [-0.1, -0.05) is 18.6 Å². The first kappa shape index (κ1) is 11.2. The lowest BCUT2D eigenvalue weighted by Crippen LogP contribution is -2.53. The van der Waals surface area contributed by atoms with E-state index >= 15 is 0 Å². The summed E-state index contributed by atoms with van der Waals surface area (Å²) in [4.78, 5) is 0. The van der Waals surface area contributed by atoms with E-state index < -0.39 is 5.60 Å². The van der Waals surface area contributed by atoms with Gasteiger partial charge in [0.1, 0.15) is 5.82 Å². The Morgan fingerprint density at radius 3 is 2.65 bits per heavy atom. The van der Waals surface area contributed by atoms with Crippen LogP contribution in [0, 0.1) is 11.2 Å². The van der Waals surface area contributed by atoms with Crippen LogP contribution in [-0.2, 0) is 12.0 Å². The molecule has 0 aromatic heterocycles. The van der Waals surface area contributed by atoms with Crippen molar-refractivity contribution in [1.82, 2.24) is 0 Å². The molecule has 1 atom stereocenters. The van der Waals surface area contributed by atoms with Crippen LogP contribution in [0.5, 0.6) is 0 Å². The molecule has 17 heavy (non-hydrogen) atoms. The summed E-state index contributed by atoms with van der Waals surface area (Å²) in [5.74, 6) is -0.190. The lowest BCUT2D eigenvalue weighted by Gasteiger charge is -2.51. The Morgan fingerprint density at radius 1 is 1.29 bits per heavy atom. The summed E-state index contributed by atoms with van der Waals surface area (Å²) in [5, 5.41) is 11.0. The zero-order valence-electron chi connectivity index (χ0n) is 9.88.